The van der Waals surface area contributed by atoms with E-state index in [1.165, 1.54) is 6.92 Å². The van der Waals surface area contributed by atoms with E-state index in [9.17, 15) is 38.2 Å². The van der Waals surface area contributed by atoms with E-state index in [0.717, 1.165) is 29.8 Å². The van der Waals surface area contributed by atoms with Gasteiger partial charge in [-0.1, -0.05) is 42.5 Å². The molecule has 14 heteroatoms. The maximum atomic E-state index is 14.0. The number of aromatic nitrogens is 3. The van der Waals surface area contributed by atoms with Crippen LogP contribution in [-0.4, -0.2) is 30.4 Å². The number of anilines is 1. The van der Waals surface area contributed by atoms with Crippen LogP contribution in [0.3, 0.4) is 0 Å². The van der Waals surface area contributed by atoms with Gasteiger partial charge in [-0.25, -0.2) is 9.50 Å². The van der Waals surface area contributed by atoms with Gasteiger partial charge in [0.2, 0.25) is 0 Å². The molecule has 5 aromatic rings. The number of benzene rings is 3. The van der Waals surface area contributed by atoms with Crippen LogP contribution >= 0.6 is 0 Å². The molecule has 1 amide bonds. The highest BCUT2D eigenvalue weighted by atomic mass is 19.4. The molecule has 2 aromatic heterocycles. The second-order valence-electron chi connectivity index (χ2n) is 8.45. The number of hydrogen-bond acceptors (Lipinski definition) is 7. The fraction of sp³-hybridized carbons (Fsp3) is 0.0800. The minimum atomic E-state index is -4.86. The Morgan fingerprint density at radius 1 is 0.974 bits per heavy atom. The van der Waals surface area contributed by atoms with Gasteiger partial charge < -0.3 is 5.32 Å². The Morgan fingerprint density at radius 3 is 2.26 bits per heavy atom. The minimum Gasteiger partial charge on any atom is -0.321 e. The number of carbonyl (C=O) groups excluding carboxylic acids is 1. The Hall–Kier alpha value is -5.40. The Labute approximate surface area is 215 Å². The molecule has 1 N–H and O–H groups in total. The first-order valence-corrected chi connectivity index (χ1v) is 11.1. The SMILES string of the molecule is Cc1c([N+](=O)[O-])cc(NC(=O)c2cnn3c(C(F)(F)F)cc(-c4cccc5ccccc45)nc23)cc1[N+](=O)[O-]. The van der Waals surface area contributed by atoms with Crippen LogP contribution in [0.2, 0.25) is 0 Å². The summed E-state index contributed by atoms with van der Waals surface area (Å²) in [4.78, 5) is 38.5. The van der Waals surface area contributed by atoms with E-state index in [-0.39, 0.29) is 22.5 Å². The third-order valence-electron chi connectivity index (χ3n) is 6.08. The highest BCUT2D eigenvalue weighted by Gasteiger charge is 2.36. The van der Waals surface area contributed by atoms with Crippen molar-refractivity contribution in [3.05, 3.63) is 104 Å². The lowest BCUT2D eigenvalue weighted by Crippen LogP contribution is -2.16. The zero-order valence-electron chi connectivity index (χ0n) is 19.8. The van der Waals surface area contributed by atoms with E-state index in [4.69, 9.17) is 0 Å². The Bertz CT molecular complexity index is 1790. The quantitative estimate of drug-likeness (QED) is 0.216. The molecular formula is C25H15F3N6O5. The molecule has 0 spiro atoms. The molecule has 2 heterocycles. The molecule has 39 heavy (non-hydrogen) atoms. The molecule has 0 saturated heterocycles. The minimum absolute atomic E-state index is 0.0669. The van der Waals surface area contributed by atoms with Gasteiger partial charge in [0.05, 0.1) is 27.4 Å². The van der Waals surface area contributed by atoms with E-state index < -0.39 is 44.6 Å². The summed E-state index contributed by atoms with van der Waals surface area (Å²) in [7, 11) is 0. The van der Waals surface area contributed by atoms with Crippen LogP contribution in [-0.2, 0) is 6.18 Å². The highest BCUT2D eigenvalue weighted by Crippen LogP contribution is 2.36. The lowest BCUT2D eigenvalue weighted by atomic mass is 10.0. The van der Waals surface area contributed by atoms with Crippen molar-refractivity contribution in [3.8, 4) is 11.3 Å². The van der Waals surface area contributed by atoms with Gasteiger partial charge in [-0.15, -0.1) is 0 Å². The average Bonchev–Trinajstić information content (AvgIpc) is 3.32. The lowest BCUT2D eigenvalue weighted by molar-refractivity contribution is -0.395. The fourth-order valence-corrected chi connectivity index (χ4v) is 4.25. The molecule has 0 unspecified atom stereocenters. The number of rotatable bonds is 5. The van der Waals surface area contributed by atoms with Crippen molar-refractivity contribution in [1.29, 1.82) is 0 Å². The van der Waals surface area contributed by atoms with Crippen molar-refractivity contribution in [3.63, 3.8) is 0 Å². The maximum Gasteiger partial charge on any atom is 0.433 e. The van der Waals surface area contributed by atoms with E-state index in [0.29, 0.717) is 15.5 Å². The molecule has 5 rings (SSSR count). The second kappa shape index (κ2) is 9.16. The lowest BCUT2D eigenvalue weighted by Gasteiger charge is -2.13. The topological polar surface area (TPSA) is 146 Å². The first-order valence-electron chi connectivity index (χ1n) is 11.1. The number of halogens is 3. The normalized spacial score (nSPS) is 11.6. The van der Waals surface area contributed by atoms with E-state index in [1.807, 2.05) is 0 Å². The third kappa shape index (κ3) is 4.47. The summed E-state index contributed by atoms with van der Waals surface area (Å²) in [6, 6.07) is 14.8. The van der Waals surface area contributed by atoms with Crippen molar-refractivity contribution in [1.82, 2.24) is 14.6 Å². The molecule has 0 atom stereocenters. The zero-order valence-corrected chi connectivity index (χ0v) is 19.8. The van der Waals surface area contributed by atoms with Crippen LogP contribution in [0.1, 0.15) is 21.6 Å². The number of nitrogens with one attached hydrogen (secondary N) is 1. The average molecular weight is 536 g/mol. The summed E-state index contributed by atoms with van der Waals surface area (Å²) < 4.78 is 42.6. The Kier molecular flexibility index (Phi) is 5.94. The number of alkyl halides is 3. The standard InChI is InChI=1S/C25H15F3N6O5/c1-13-20(33(36)37)9-15(10-21(13)34(38)39)30-24(35)18-12-29-32-22(25(26,27)28)11-19(31-23(18)32)17-8-4-6-14-5-2-3-7-16(14)17/h2-12H,1H3,(H,30,35). The van der Waals surface area contributed by atoms with Gasteiger partial charge in [-0.05, 0) is 23.8 Å². The van der Waals surface area contributed by atoms with Crippen LogP contribution in [0.5, 0.6) is 0 Å². The van der Waals surface area contributed by atoms with Crippen molar-refractivity contribution < 1.29 is 27.8 Å². The van der Waals surface area contributed by atoms with E-state index in [1.54, 1.807) is 42.5 Å². The smallest absolute Gasteiger partial charge is 0.321 e. The number of amides is 1. The predicted octanol–water partition coefficient (Wildman–Crippen LogP) is 5.95. The van der Waals surface area contributed by atoms with Crippen molar-refractivity contribution in [2.75, 3.05) is 5.32 Å². The van der Waals surface area contributed by atoms with Crippen molar-refractivity contribution >= 4 is 39.4 Å². The van der Waals surface area contributed by atoms with E-state index >= 15 is 0 Å². The van der Waals surface area contributed by atoms with E-state index in [2.05, 4.69) is 15.4 Å². The molecular weight excluding hydrogens is 521 g/mol. The summed E-state index contributed by atoms with van der Waals surface area (Å²) in [5, 5.41) is 30.1. The van der Waals surface area contributed by atoms with Crippen LogP contribution in [0.4, 0.5) is 30.2 Å². The molecule has 0 aliphatic heterocycles. The summed E-state index contributed by atoms with van der Waals surface area (Å²) in [6.45, 7) is 1.19. The van der Waals surface area contributed by atoms with Gasteiger partial charge in [0, 0.05) is 17.7 Å². The molecule has 0 bridgehead atoms. The van der Waals surface area contributed by atoms with Crippen LogP contribution in [0.15, 0.2) is 66.9 Å². The van der Waals surface area contributed by atoms with Crippen LogP contribution < -0.4 is 5.32 Å². The number of carbonyl (C=O) groups is 1. The summed E-state index contributed by atoms with van der Waals surface area (Å²) in [5.41, 5.74) is -3.43. The van der Waals surface area contributed by atoms with Crippen LogP contribution in [0.25, 0.3) is 27.7 Å². The first kappa shape index (κ1) is 25.3. The number of fused-ring (bicyclic) bond motifs is 2. The largest absolute Gasteiger partial charge is 0.433 e. The summed E-state index contributed by atoms with van der Waals surface area (Å²) >= 11 is 0. The van der Waals surface area contributed by atoms with Gasteiger partial charge in [0.25, 0.3) is 17.3 Å². The van der Waals surface area contributed by atoms with Gasteiger partial charge in [-0.3, -0.25) is 25.0 Å². The monoisotopic (exact) mass is 536 g/mol. The van der Waals surface area contributed by atoms with Gasteiger partial charge in [-0.2, -0.15) is 18.3 Å². The number of hydrogen-bond donors (Lipinski definition) is 1. The molecule has 0 saturated carbocycles. The molecule has 3 aromatic carbocycles. The molecule has 196 valence electrons. The number of nitro benzene ring substituents is 2. The number of nitrogens with zero attached hydrogens (tertiary/aromatic N) is 5. The Balaban J connectivity index is 1.66. The van der Waals surface area contributed by atoms with Crippen LogP contribution in [0, 0.1) is 27.2 Å². The molecule has 0 aliphatic rings. The third-order valence-corrected chi connectivity index (χ3v) is 6.08. The van der Waals surface area contributed by atoms with Crippen molar-refractivity contribution in [2.45, 2.75) is 13.1 Å². The molecule has 0 radical (unpaired) electrons. The van der Waals surface area contributed by atoms with Gasteiger partial charge in [0.1, 0.15) is 11.1 Å². The Morgan fingerprint density at radius 2 is 1.62 bits per heavy atom. The second-order valence-corrected chi connectivity index (χ2v) is 8.45. The molecule has 0 aliphatic carbocycles. The number of nitro groups is 2. The highest BCUT2D eigenvalue weighted by molar-refractivity contribution is 6.08. The fourth-order valence-electron chi connectivity index (χ4n) is 4.25. The zero-order chi connectivity index (χ0) is 28.1. The van der Waals surface area contributed by atoms with Crippen molar-refractivity contribution in [2.24, 2.45) is 0 Å². The van der Waals surface area contributed by atoms with Gasteiger partial charge in [0.15, 0.2) is 11.3 Å². The molecule has 0 fully saturated rings. The first-order chi connectivity index (χ1) is 18.5. The predicted molar refractivity (Wildman–Crippen MR) is 133 cm³/mol. The summed E-state index contributed by atoms with van der Waals surface area (Å²) in [5.74, 6) is -1.02. The van der Waals surface area contributed by atoms with Gasteiger partial charge >= 0.3 is 6.18 Å². The molecule has 11 nitrogen and oxygen atoms in total. The maximum absolute atomic E-state index is 14.0. The summed E-state index contributed by atoms with van der Waals surface area (Å²) in [6.07, 6.45) is -3.99.